The van der Waals surface area contributed by atoms with E-state index in [9.17, 15) is 9.18 Å². The Bertz CT molecular complexity index is 2150. The van der Waals surface area contributed by atoms with Crippen LogP contribution in [0.2, 0.25) is 0 Å². The van der Waals surface area contributed by atoms with E-state index in [1.165, 1.54) is 23.5 Å². The highest BCUT2D eigenvalue weighted by Gasteiger charge is 2.30. The standard InChI is InChI=1S/C34H30F2N6O2S/c1-6-29(43)41-17-23-14-27(39-42(23)15-19(41)4)33-31(30-25(36)12-22(35)13-28(30)44-18(2)3)34-24(9-10-45-34)32(37-33)20-7-8-26-21(11-20)16-40(5)38-26/h6-14,16,18-19H,1,15,17H2,2-5H3/t19-/m1/s1. The molecule has 0 spiro atoms. The largest absolute Gasteiger partial charge is 0.490 e. The molecule has 0 unspecified atom stereocenters. The lowest BCUT2D eigenvalue weighted by atomic mass is 9.96. The summed E-state index contributed by atoms with van der Waals surface area (Å²) >= 11 is 1.45. The lowest BCUT2D eigenvalue weighted by molar-refractivity contribution is -0.129. The van der Waals surface area contributed by atoms with Gasteiger partial charge in [0, 0.05) is 58.0 Å². The number of nitrogens with zero attached hydrogens (tertiary/aromatic N) is 6. The van der Waals surface area contributed by atoms with Crippen LogP contribution in [-0.4, -0.2) is 47.5 Å². The first kappa shape index (κ1) is 28.8. The van der Waals surface area contributed by atoms with Crippen molar-refractivity contribution in [2.75, 3.05) is 0 Å². The normalized spacial score (nSPS) is 14.8. The van der Waals surface area contributed by atoms with Crippen molar-refractivity contribution in [3.63, 3.8) is 0 Å². The van der Waals surface area contributed by atoms with Crippen molar-refractivity contribution in [2.45, 2.75) is 46.0 Å². The number of halogens is 2. The second kappa shape index (κ2) is 10.9. The number of rotatable bonds is 6. The van der Waals surface area contributed by atoms with Crippen LogP contribution in [0.1, 0.15) is 26.5 Å². The smallest absolute Gasteiger partial charge is 0.246 e. The average Bonchev–Trinajstić information content (AvgIpc) is 3.72. The molecular weight excluding hydrogens is 594 g/mol. The van der Waals surface area contributed by atoms with Crippen LogP contribution in [0.15, 0.2) is 66.7 Å². The van der Waals surface area contributed by atoms with Crippen molar-refractivity contribution in [2.24, 2.45) is 7.05 Å². The summed E-state index contributed by atoms with van der Waals surface area (Å²) in [7, 11) is 1.88. The summed E-state index contributed by atoms with van der Waals surface area (Å²) in [6.45, 7) is 10.0. The van der Waals surface area contributed by atoms with Crippen LogP contribution in [0.4, 0.5) is 8.78 Å². The van der Waals surface area contributed by atoms with E-state index in [0.717, 1.165) is 38.3 Å². The van der Waals surface area contributed by atoms with Gasteiger partial charge in [-0.3, -0.25) is 14.2 Å². The molecule has 1 aliphatic rings. The van der Waals surface area contributed by atoms with E-state index in [1.807, 2.05) is 74.4 Å². The lowest BCUT2D eigenvalue weighted by Crippen LogP contribution is -2.44. The number of hydrogen-bond donors (Lipinski definition) is 0. The predicted molar refractivity (Wildman–Crippen MR) is 172 cm³/mol. The number of hydrogen-bond acceptors (Lipinski definition) is 6. The maximum absolute atomic E-state index is 16.0. The van der Waals surface area contributed by atoms with Gasteiger partial charge >= 0.3 is 0 Å². The maximum Gasteiger partial charge on any atom is 0.246 e. The number of aromatic nitrogens is 5. The minimum Gasteiger partial charge on any atom is -0.490 e. The lowest BCUT2D eigenvalue weighted by Gasteiger charge is -2.33. The first-order valence-corrected chi connectivity index (χ1v) is 15.5. The number of thiophene rings is 1. The summed E-state index contributed by atoms with van der Waals surface area (Å²) < 4.78 is 41.0. The zero-order valence-electron chi connectivity index (χ0n) is 25.2. The number of fused-ring (bicyclic) bond motifs is 3. The van der Waals surface area contributed by atoms with Gasteiger partial charge in [0.15, 0.2) is 0 Å². The molecule has 0 fully saturated rings. The van der Waals surface area contributed by atoms with Crippen LogP contribution in [-0.2, 0) is 24.9 Å². The van der Waals surface area contributed by atoms with Gasteiger partial charge in [0.25, 0.3) is 0 Å². The topological polar surface area (TPSA) is 78.1 Å². The molecule has 1 atom stereocenters. The summed E-state index contributed by atoms with van der Waals surface area (Å²) in [6, 6.07) is 11.8. The highest BCUT2D eigenvalue weighted by atomic mass is 32.1. The molecule has 0 N–H and O–H groups in total. The zero-order valence-corrected chi connectivity index (χ0v) is 26.0. The number of pyridine rings is 1. The van der Waals surface area contributed by atoms with Crippen LogP contribution in [0, 0.1) is 11.6 Å². The molecule has 0 saturated heterocycles. The van der Waals surface area contributed by atoms with Gasteiger partial charge in [-0.05, 0) is 56.5 Å². The molecule has 7 rings (SSSR count). The third-order valence-electron chi connectivity index (χ3n) is 8.00. The number of aryl methyl sites for hydroxylation is 1. The van der Waals surface area contributed by atoms with Crippen LogP contribution >= 0.6 is 11.3 Å². The van der Waals surface area contributed by atoms with Crippen molar-refractivity contribution in [1.29, 1.82) is 0 Å². The van der Waals surface area contributed by atoms with E-state index in [4.69, 9.17) is 14.8 Å². The molecule has 4 aromatic heterocycles. The average molecular weight is 625 g/mol. The Morgan fingerprint density at radius 3 is 2.71 bits per heavy atom. The van der Waals surface area contributed by atoms with Gasteiger partial charge in [0.2, 0.25) is 5.91 Å². The zero-order chi connectivity index (χ0) is 31.6. The number of carbonyl (C=O) groups is 1. The Hall–Kier alpha value is -4.90. The Balaban J connectivity index is 1.52. The van der Waals surface area contributed by atoms with Crippen LogP contribution in [0.5, 0.6) is 5.75 Å². The first-order chi connectivity index (χ1) is 21.6. The van der Waals surface area contributed by atoms with Gasteiger partial charge in [-0.25, -0.2) is 13.8 Å². The van der Waals surface area contributed by atoms with E-state index in [2.05, 4.69) is 11.7 Å². The molecule has 8 nitrogen and oxygen atoms in total. The van der Waals surface area contributed by atoms with E-state index >= 15 is 4.39 Å². The number of carbonyl (C=O) groups excluding carboxylic acids is 1. The molecule has 1 aliphatic heterocycles. The predicted octanol–water partition coefficient (Wildman–Crippen LogP) is 7.36. The summed E-state index contributed by atoms with van der Waals surface area (Å²) in [4.78, 5) is 19.5. The van der Waals surface area contributed by atoms with Gasteiger partial charge < -0.3 is 9.64 Å². The quantitative estimate of drug-likeness (QED) is 0.181. The van der Waals surface area contributed by atoms with E-state index in [1.54, 1.807) is 9.58 Å². The monoisotopic (exact) mass is 624 g/mol. The minimum atomic E-state index is -0.756. The van der Waals surface area contributed by atoms with E-state index in [0.29, 0.717) is 35.7 Å². The number of amides is 1. The van der Waals surface area contributed by atoms with Gasteiger partial charge in [-0.2, -0.15) is 10.2 Å². The molecule has 0 saturated carbocycles. The van der Waals surface area contributed by atoms with Crippen molar-refractivity contribution < 1.29 is 18.3 Å². The van der Waals surface area contributed by atoms with Gasteiger partial charge in [0.1, 0.15) is 28.8 Å². The van der Waals surface area contributed by atoms with E-state index in [-0.39, 0.29) is 29.4 Å². The molecule has 0 bridgehead atoms. The van der Waals surface area contributed by atoms with Gasteiger partial charge in [0.05, 0.1) is 41.7 Å². The second-order valence-electron chi connectivity index (χ2n) is 11.6. The van der Waals surface area contributed by atoms with Crippen molar-refractivity contribution in [1.82, 2.24) is 29.4 Å². The van der Waals surface area contributed by atoms with Gasteiger partial charge in [-0.1, -0.05) is 12.6 Å². The van der Waals surface area contributed by atoms with Crippen LogP contribution < -0.4 is 4.74 Å². The summed E-state index contributed by atoms with van der Waals surface area (Å²) in [5, 5.41) is 13.2. The fourth-order valence-electron chi connectivity index (χ4n) is 6.05. The summed E-state index contributed by atoms with van der Waals surface area (Å²) in [5.74, 6) is -1.56. The fourth-order valence-corrected chi connectivity index (χ4v) is 6.99. The molecule has 1 amide bonds. The number of ether oxygens (including phenoxy) is 1. The van der Waals surface area contributed by atoms with Crippen LogP contribution in [0.3, 0.4) is 0 Å². The molecule has 0 aliphatic carbocycles. The molecule has 2 aromatic carbocycles. The second-order valence-corrected chi connectivity index (χ2v) is 12.5. The Labute approximate surface area is 262 Å². The minimum absolute atomic E-state index is 0.0881. The third kappa shape index (κ3) is 4.97. The Morgan fingerprint density at radius 1 is 1.11 bits per heavy atom. The van der Waals surface area contributed by atoms with Crippen molar-refractivity contribution in [3.8, 4) is 39.5 Å². The summed E-state index contributed by atoms with van der Waals surface area (Å²) in [6.07, 6.45) is 2.93. The van der Waals surface area contributed by atoms with Crippen LogP contribution in [0.25, 0.3) is 54.8 Å². The molecule has 5 heterocycles. The number of benzene rings is 2. The third-order valence-corrected chi connectivity index (χ3v) is 8.93. The first-order valence-electron chi connectivity index (χ1n) is 14.6. The molecule has 11 heteroatoms. The molecule has 228 valence electrons. The molecular formula is C34H30F2N6O2S. The Morgan fingerprint density at radius 2 is 1.93 bits per heavy atom. The highest BCUT2D eigenvalue weighted by molar-refractivity contribution is 7.18. The van der Waals surface area contributed by atoms with Crippen molar-refractivity contribution in [3.05, 3.63) is 84.0 Å². The SMILES string of the molecule is C=CC(=O)N1Cc2cc(-c3nc(-c4ccc5nn(C)cc5c4)c4ccsc4c3-c3c(F)cc(F)cc3OC(C)C)nn2C[C@H]1C. The molecule has 0 radical (unpaired) electrons. The highest BCUT2D eigenvalue weighted by Crippen LogP contribution is 2.47. The molecule has 45 heavy (non-hydrogen) atoms. The maximum atomic E-state index is 16.0. The van der Waals surface area contributed by atoms with E-state index < -0.39 is 11.6 Å². The summed E-state index contributed by atoms with van der Waals surface area (Å²) in [5.41, 5.74) is 4.78. The van der Waals surface area contributed by atoms with Crippen molar-refractivity contribution >= 4 is 38.2 Å². The Kier molecular flexibility index (Phi) is 7.00. The fraction of sp³-hybridized carbons (Fsp3) is 0.235. The molecule has 6 aromatic rings. The van der Waals surface area contributed by atoms with Gasteiger partial charge in [-0.15, -0.1) is 11.3 Å².